The van der Waals surface area contributed by atoms with Crippen LogP contribution in [0.5, 0.6) is 0 Å². The van der Waals surface area contributed by atoms with Crippen molar-refractivity contribution in [1.29, 1.82) is 0 Å². The summed E-state index contributed by atoms with van der Waals surface area (Å²) in [5.41, 5.74) is 1.87. The third-order valence-electron chi connectivity index (χ3n) is 4.29. The second kappa shape index (κ2) is 7.34. The number of carbonyl (C=O) groups excluding carboxylic acids is 2. The first kappa shape index (κ1) is 17.0. The third kappa shape index (κ3) is 3.96. The van der Waals surface area contributed by atoms with Crippen LogP contribution in [-0.4, -0.2) is 34.5 Å². The van der Waals surface area contributed by atoms with Crippen LogP contribution < -0.4 is 5.32 Å². The standard InChI is InChI=1S/C19H21N3O3/c1-13(15-7-4-3-5-8-15)11-18(23)22-10-6-9-16(22)19(24)20-17-12-14(2)25-21-17/h3-5,7-8,11-12,16H,6,9-10H2,1-2H3,(H,20,21,24)/b13-11+/t16-/m1/s1. The molecule has 1 aliphatic rings. The molecule has 25 heavy (non-hydrogen) atoms. The lowest BCUT2D eigenvalue weighted by atomic mass is 10.1. The molecule has 2 aromatic rings. The monoisotopic (exact) mass is 339 g/mol. The molecule has 0 radical (unpaired) electrons. The predicted molar refractivity (Wildman–Crippen MR) is 94.7 cm³/mol. The first-order valence-corrected chi connectivity index (χ1v) is 8.33. The van der Waals surface area contributed by atoms with Gasteiger partial charge in [-0.05, 0) is 37.8 Å². The summed E-state index contributed by atoms with van der Waals surface area (Å²) < 4.78 is 4.95. The zero-order chi connectivity index (χ0) is 17.8. The van der Waals surface area contributed by atoms with E-state index in [0.29, 0.717) is 24.5 Å². The summed E-state index contributed by atoms with van der Waals surface area (Å²) in [6.07, 6.45) is 3.05. The van der Waals surface area contributed by atoms with Crippen molar-refractivity contribution in [3.63, 3.8) is 0 Å². The molecule has 130 valence electrons. The van der Waals surface area contributed by atoms with Crippen LogP contribution in [0.3, 0.4) is 0 Å². The smallest absolute Gasteiger partial charge is 0.248 e. The zero-order valence-corrected chi connectivity index (χ0v) is 14.4. The highest BCUT2D eigenvalue weighted by molar-refractivity contribution is 6.01. The second-order valence-electron chi connectivity index (χ2n) is 6.20. The number of hydrogen-bond acceptors (Lipinski definition) is 4. The van der Waals surface area contributed by atoms with E-state index in [4.69, 9.17) is 4.52 Å². The maximum atomic E-state index is 12.6. The fraction of sp³-hybridized carbons (Fsp3) is 0.316. The highest BCUT2D eigenvalue weighted by atomic mass is 16.5. The normalized spacial score (nSPS) is 17.6. The maximum absolute atomic E-state index is 12.6. The van der Waals surface area contributed by atoms with Crippen LogP contribution in [0, 0.1) is 6.92 Å². The van der Waals surface area contributed by atoms with Crippen LogP contribution in [0.15, 0.2) is 47.0 Å². The number of allylic oxidation sites excluding steroid dienone is 1. The van der Waals surface area contributed by atoms with Gasteiger partial charge < -0.3 is 14.7 Å². The molecule has 1 atom stereocenters. The van der Waals surface area contributed by atoms with Gasteiger partial charge in [0.05, 0.1) is 0 Å². The van der Waals surface area contributed by atoms with Crippen molar-refractivity contribution < 1.29 is 14.1 Å². The number of carbonyl (C=O) groups is 2. The Hall–Kier alpha value is -2.89. The van der Waals surface area contributed by atoms with E-state index in [1.165, 1.54) is 0 Å². The molecule has 0 bridgehead atoms. The van der Waals surface area contributed by atoms with Crippen molar-refractivity contribution >= 4 is 23.2 Å². The van der Waals surface area contributed by atoms with Crippen molar-refractivity contribution in [3.8, 4) is 0 Å². The van der Waals surface area contributed by atoms with Crippen molar-refractivity contribution in [1.82, 2.24) is 10.1 Å². The van der Waals surface area contributed by atoms with Gasteiger partial charge in [0, 0.05) is 18.7 Å². The summed E-state index contributed by atoms with van der Waals surface area (Å²) in [5.74, 6) is 0.620. The maximum Gasteiger partial charge on any atom is 0.248 e. The van der Waals surface area contributed by atoms with E-state index in [-0.39, 0.29) is 11.8 Å². The molecule has 0 spiro atoms. The number of likely N-dealkylation sites (tertiary alicyclic amines) is 1. The molecule has 1 saturated heterocycles. The van der Waals surface area contributed by atoms with E-state index in [2.05, 4.69) is 10.5 Å². The molecule has 1 aliphatic heterocycles. The van der Waals surface area contributed by atoms with Gasteiger partial charge in [-0.1, -0.05) is 35.5 Å². The fourth-order valence-electron chi connectivity index (χ4n) is 2.99. The van der Waals surface area contributed by atoms with Gasteiger partial charge in [0.15, 0.2) is 5.82 Å². The van der Waals surface area contributed by atoms with Crippen LogP contribution in [0.1, 0.15) is 31.1 Å². The molecule has 2 heterocycles. The molecule has 1 aromatic carbocycles. The minimum Gasteiger partial charge on any atom is -0.360 e. The Balaban J connectivity index is 1.70. The quantitative estimate of drug-likeness (QED) is 0.869. The number of anilines is 1. The number of nitrogens with zero attached hydrogens (tertiary/aromatic N) is 2. The Morgan fingerprint density at radius 1 is 1.32 bits per heavy atom. The molecule has 6 heteroatoms. The van der Waals surface area contributed by atoms with Gasteiger partial charge in [-0.15, -0.1) is 0 Å². The Morgan fingerprint density at radius 3 is 2.76 bits per heavy atom. The van der Waals surface area contributed by atoms with E-state index in [1.807, 2.05) is 37.3 Å². The van der Waals surface area contributed by atoms with Crippen molar-refractivity contribution in [2.75, 3.05) is 11.9 Å². The molecule has 0 saturated carbocycles. The predicted octanol–water partition coefficient (Wildman–Crippen LogP) is 3.02. The van der Waals surface area contributed by atoms with E-state index in [9.17, 15) is 9.59 Å². The number of benzene rings is 1. The molecule has 2 amide bonds. The van der Waals surface area contributed by atoms with Crippen molar-refractivity contribution in [2.45, 2.75) is 32.7 Å². The topological polar surface area (TPSA) is 75.4 Å². The Bertz CT molecular complexity index is 795. The molecule has 1 fully saturated rings. The van der Waals surface area contributed by atoms with Crippen molar-refractivity contribution in [2.24, 2.45) is 0 Å². The number of aryl methyl sites for hydroxylation is 1. The number of aromatic nitrogens is 1. The molecular weight excluding hydrogens is 318 g/mol. The van der Waals surface area contributed by atoms with Crippen LogP contribution in [0.25, 0.3) is 5.57 Å². The van der Waals surface area contributed by atoms with Crippen LogP contribution in [-0.2, 0) is 9.59 Å². The lowest BCUT2D eigenvalue weighted by Crippen LogP contribution is -2.42. The fourth-order valence-corrected chi connectivity index (χ4v) is 2.99. The molecule has 1 aromatic heterocycles. The van der Waals surface area contributed by atoms with Crippen LogP contribution >= 0.6 is 0 Å². The first-order chi connectivity index (χ1) is 12.0. The second-order valence-corrected chi connectivity index (χ2v) is 6.20. The lowest BCUT2D eigenvalue weighted by Gasteiger charge is -2.22. The number of nitrogens with one attached hydrogen (secondary N) is 1. The van der Waals surface area contributed by atoms with Gasteiger partial charge in [-0.2, -0.15) is 0 Å². The minimum atomic E-state index is -0.482. The summed E-state index contributed by atoms with van der Waals surface area (Å²) in [4.78, 5) is 26.7. The molecule has 0 unspecified atom stereocenters. The molecule has 1 N–H and O–H groups in total. The van der Waals surface area contributed by atoms with Gasteiger partial charge in [0.1, 0.15) is 11.8 Å². The Labute approximate surface area is 146 Å². The van der Waals surface area contributed by atoms with Gasteiger partial charge in [0.25, 0.3) is 0 Å². The first-order valence-electron chi connectivity index (χ1n) is 8.33. The van der Waals surface area contributed by atoms with Gasteiger partial charge in [-0.3, -0.25) is 9.59 Å². The van der Waals surface area contributed by atoms with E-state index >= 15 is 0 Å². The SMILES string of the molecule is C/C(=C\C(=O)N1CCC[C@@H]1C(=O)Nc1cc(C)on1)c1ccccc1. The Morgan fingerprint density at radius 2 is 2.08 bits per heavy atom. The number of hydrogen-bond donors (Lipinski definition) is 1. The average Bonchev–Trinajstić information content (AvgIpc) is 3.24. The summed E-state index contributed by atoms with van der Waals surface area (Å²) in [6, 6.07) is 10.9. The van der Waals surface area contributed by atoms with E-state index in [1.54, 1.807) is 24.0 Å². The molecular formula is C19H21N3O3. The summed E-state index contributed by atoms with van der Waals surface area (Å²) >= 11 is 0. The number of rotatable bonds is 4. The summed E-state index contributed by atoms with van der Waals surface area (Å²) in [5, 5.41) is 6.48. The van der Waals surface area contributed by atoms with Gasteiger partial charge in [0.2, 0.25) is 11.8 Å². The zero-order valence-electron chi connectivity index (χ0n) is 14.4. The largest absolute Gasteiger partial charge is 0.360 e. The van der Waals surface area contributed by atoms with Crippen LogP contribution in [0.4, 0.5) is 5.82 Å². The van der Waals surface area contributed by atoms with Gasteiger partial charge in [-0.25, -0.2) is 0 Å². The molecule has 0 aliphatic carbocycles. The summed E-state index contributed by atoms with van der Waals surface area (Å²) in [6.45, 7) is 4.23. The minimum absolute atomic E-state index is 0.143. The van der Waals surface area contributed by atoms with Crippen LogP contribution in [0.2, 0.25) is 0 Å². The molecule has 3 rings (SSSR count). The highest BCUT2D eigenvalue weighted by Crippen LogP contribution is 2.21. The lowest BCUT2D eigenvalue weighted by molar-refractivity contribution is -0.132. The average molecular weight is 339 g/mol. The van der Waals surface area contributed by atoms with E-state index < -0.39 is 6.04 Å². The highest BCUT2D eigenvalue weighted by Gasteiger charge is 2.33. The molecule has 6 nitrogen and oxygen atoms in total. The van der Waals surface area contributed by atoms with Gasteiger partial charge >= 0.3 is 0 Å². The van der Waals surface area contributed by atoms with E-state index in [0.717, 1.165) is 17.6 Å². The summed E-state index contributed by atoms with van der Waals surface area (Å²) in [7, 11) is 0. The van der Waals surface area contributed by atoms with Crippen molar-refractivity contribution in [3.05, 3.63) is 53.8 Å². The third-order valence-corrected chi connectivity index (χ3v) is 4.29. The Kier molecular flexibility index (Phi) is 4.97. The number of amides is 2.